The van der Waals surface area contributed by atoms with Crippen LogP contribution in [0.15, 0.2) is 52.0 Å². The Kier molecular flexibility index (Phi) is 5.25. The first kappa shape index (κ1) is 18.1. The van der Waals surface area contributed by atoms with Gasteiger partial charge in [-0.25, -0.2) is 8.42 Å². The lowest BCUT2D eigenvalue weighted by Gasteiger charge is -2.18. The quantitative estimate of drug-likeness (QED) is 0.752. The van der Waals surface area contributed by atoms with Gasteiger partial charge in [0.15, 0.2) is 5.78 Å². The normalized spacial score (nSPS) is 19.2. The highest BCUT2D eigenvalue weighted by Crippen LogP contribution is 2.31. The molecule has 0 bridgehead atoms. The van der Waals surface area contributed by atoms with E-state index in [1.807, 2.05) is 6.92 Å². The van der Waals surface area contributed by atoms with Crippen LogP contribution >= 0.6 is 0 Å². The molecule has 2 aliphatic rings. The zero-order valence-corrected chi connectivity index (χ0v) is 15.7. The van der Waals surface area contributed by atoms with Gasteiger partial charge < -0.3 is 0 Å². The van der Waals surface area contributed by atoms with E-state index in [2.05, 4.69) is 6.08 Å². The van der Waals surface area contributed by atoms with Gasteiger partial charge in [0, 0.05) is 18.7 Å². The molecule has 0 aromatic heterocycles. The van der Waals surface area contributed by atoms with Gasteiger partial charge in [-0.1, -0.05) is 29.3 Å². The van der Waals surface area contributed by atoms with Gasteiger partial charge in [-0.2, -0.15) is 4.31 Å². The van der Waals surface area contributed by atoms with Crippen molar-refractivity contribution >= 4 is 15.8 Å². The minimum Gasteiger partial charge on any atom is -0.295 e. The maximum Gasteiger partial charge on any atom is 0.243 e. The Morgan fingerprint density at radius 1 is 1.12 bits per heavy atom. The molecule has 0 fully saturated rings. The summed E-state index contributed by atoms with van der Waals surface area (Å²) in [5, 5.41) is 0. The van der Waals surface area contributed by atoms with E-state index in [9.17, 15) is 13.2 Å². The number of aryl methyl sites for hydroxylation is 1. The molecule has 0 saturated carbocycles. The molecule has 3 rings (SSSR count). The van der Waals surface area contributed by atoms with E-state index in [0.717, 1.165) is 30.4 Å². The third-order valence-corrected chi connectivity index (χ3v) is 6.84. The monoisotopic (exact) mass is 359 g/mol. The van der Waals surface area contributed by atoms with Crippen LogP contribution in [0.1, 0.15) is 44.6 Å². The lowest BCUT2D eigenvalue weighted by molar-refractivity contribution is -0.113. The molecule has 25 heavy (non-hydrogen) atoms. The molecular weight excluding hydrogens is 334 g/mol. The molecular formula is C20H25NO3S. The smallest absolute Gasteiger partial charge is 0.243 e. The average molecular weight is 359 g/mol. The molecule has 0 amide bonds. The van der Waals surface area contributed by atoms with Crippen molar-refractivity contribution in [2.75, 3.05) is 13.1 Å². The van der Waals surface area contributed by atoms with E-state index < -0.39 is 10.0 Å². The summed E-state index contributed by atoms with van der Waals surface area (Å²) in [5.74, 6) is -0.0204. The number of nitrogens with zero attached hydrogens (tertiary/aromatic N) is 1. The van der Waals surface area contributed by atoms with Gasteiger partial charge in [0.25, 0.3) is 0 Å². The predicted octanol–water partition coefficient (Wildman–Crippen LogP) is 3.78. The van der Waals surface area contributed by atoms with Gasteiger partial charge >= 0.3 is 0 Å². The fourth-order valence-electron chi connectivity index (χ4n) is 3.54. The lowest BCUT2D eigenvalue weighted by Crippen LogP contribution is -2.30. The molecule has 0 radical (unpaired) electrons. The van der Waals surface area contributed by atoms with Crippen molar-refractivity contribution in [1.29, 1.82) is 0 Å². The van der Waals surface area contributed by atoms with Crippen LogP contribution in [0.3, 0.4) is 0 Å². The van der Waals surface area contributed by atoms with Crippen molar-refractivity contribution in [1.82, 2.24) is 4.31 Å². The summed E-state index contributed by atoms with van der Waals surface area (Å²) in [5.41, 5.74) is 4.00. The van der Waals surface area contributed by atoms with Crippen molar-refractivity contribution in [2.45, 2.75) is 50.8 Å². The Morgan fingerprint density at radius 2 is 1.84 bits per heavy atom. The zero-order valence-electron chi connectivity index (χ0n) is 14.9. The van der Waals surface area contributed by atoms with Crippen LogP contribution in [0.25, 0.3) is 0 Å². The molecule has 1 heterocycles. The van der Waals surface area contributed by atoms with E-state index in [1.165, 1.54) is 29.6 Å². The molecule has 0 saturated heterocycles. The molecule has 0 N–H and O–H groups in total. The SMILES string of the molecule is CC(=O)C1=C(CC2=CCCCC2)CN(S(=O)(=O)c2ccc(C)cc2)C1. The van der Waals surface area contributed by atoms with Crippen molar-refractivity contribution in [3.8, 4) is 0 Å². The Labute approximate surface area is 150 Å². The van der Waals surface area contributed by atoms with E-state index in [1.54, 1.807) is 24.3 Å². The highest BCUT2D eigenvalue weighted by atomic mass is 32.2. The van der Waals surface area contributed by atoms with E-state index >= 15 is 0 Å². The zero-order chi connectivity index (χ0) is 18.0. The fourth-order valence-corrected chi connectivity index (χ4v) is 4.95. The number of rotatable bonds is 5. The highest BCUT2D eigenvalue weighted by Gasteiger charge is 2.33. The first-order chi connectivity index (χ1) is 11.9. The van der Waals surface area contributed by atoms with Crippen LogP contribution in [0.2, 0.25) is 0 Å². The number of sulfonamides is 1. The van der Waals surface area contributed by atoms with E-state index in [4.69, 9.17) is 0 Å². The van der Waals surface area contributed by atoms with Gasteiger partial charge in [0.1, 0.15) is 0 Å². The second-order valence-electron chi connectivity index (χ2n) is 7.01. The van der Waals surface area contributed by atoms with Crippen molar-refractivity contribution in [2.24, 2.45) is 0 Å². The van der Waals surface area contributed by atoms with Gasteiger partial charge in [0.2, 0.25) is 10.0 Å². The Bertz CT molecular complexity index is 832. The second-order valence-corrected chi connectivity index (χ2v) is 8.95. The summed E-state index contributed by atoms with van der Waals surface area (Å²) in [6, 6.07) is 6.88. The van der Waals surface area contributed by atoms with Crippen molar-refractivity contribution in [3.63, 3.8) is 0 Å². The van der Waals surface area contributed by atoms with Gasteiger partial charge in [-0.3, -0.25) is 4.79 Å². The summed E-state index contributed by atoms with van der Waals surface area (Å²) < 4.78 is 27.3. The Morgan fingerprint density at radius 3 is 2.44 bits per heavy atom. The number of carbonyl (C=O) groups excluding carboxylic acids is 1. The molecule has 4 nitrogen and oxygen atoms in total. The van der Waals surface area contributed by atoms with Crippen molar-refractivity contribution < 1.29 is 13.2 Å². The summed E-state index contributed by atoms with van der Waals surface area (Å²) in [4.78, 5) is 12.3. The molecule has 1 aliphatic heterocycles. The fraction of sp³-hybridized carbons (Fsp3) is 0.450. The van der Waals surface area contributed by atoms with Crippen LogP contribution in [0.5, 0.6) is 0 Å². The van der Waals surface area contributed by atoms with Gasteiger partial charge in [-0.05, 0) is 63.7 Å². The third kappa shape index (κ3) is 3.93. The van der Waals surface area contributed by atoms with Crippen molar-refractivity contribution in [3.05, 3.63) is 52.6 Å². The first-order valence-electron chi connectivity index (χ1n) is 8.84. The van der Waals surface area contributed by atoms with Crippen LogP contribution in [-0.4, -0.2) is 31.6 Å². The number of hydrogen-bond acceptors (Lipinski definition) is 3. The highest BCUT2D eigenvalue weighted by molar-refractivity contribution is 7.89. The van der Waals surface area contributed by atoms with Crippen LogP contribution in [0.4, 0.5) is 0 Å². The number of Topliss-reactive ketones (excluding diaryl/α,β-unsaturated/α-hetero) is 1. The third-order valence-electron chi connectivity index (χ3n) is 5.04. The minimum absolute atomic E-state index is 0.0204. The lowest BCUT2D eigenvalue weighted by atomic mass is 9.92. The predicted molar refractivity (Wildman–Crippen MR) is 98.8 cm³/mol. The topological polar surface area (TPSA) is 54.5 Å². The molecule has 0 atom stereocenters. The number of carbonyl (C=O) groups is 1. The minimum atomic E-state index is -3.58. The first-order valence-corrected chi connectivity index (χ1v) is 10.3. The number of hydrogen-bond donors (Lipinski definition) is 0. The van der Waals surface area contributed by atoms with E-state index in [0.29, 0.717) is 17.0 Å². The average Bonchev–Trinajstić information content (AvgIpc) is 3.01. The van der Waals surface area contributed by atoms with Gasteiger partial charge in [-0.15, -0.1) is 0 Å². The van der Waals surface area contributed by atoms with Crippen LogP contribution in [0, 0.1) is 6.92 Å². The van der Waals surface area contributed by atoms with Gasteiger partial charge in [0.05, 0.1) is 4.90 Å². The molecule has 5 heteroatoms. The molecule has 0 spiro atoms. The van der Waals surface area contributed by atoms with Crippen LogP contribution < -0.4 is 0 Å². The Balaban J connectivity index is 1.83. The molecule has 1 aliphatic carbocycles. The molecule has 1 aromatic carbocycles. The second kappa shape index (κ2) is 7.26. The standard InChI is InChI=1S/C20H25NO3S/c1-15-8-10-19(11-9-15)25(23,24)21-13-18(20(14-21)16(2)22)12-17-6-4-3-5-7-17/h6,8-11H,3-5,7,12-14H2,1-2H3. The summed E-state index contributed by atoms with van der Waals surface area (Å²) in [7, 11) is -3.58. The summed E-state index contributed by atoms with van der Waals surface area (Å²) in [6.45, 7) is 3.97. The maximum absolute atomic E-state index is 12.9. The number of benzene rings is 1. The summed E-state index contributed by atoms with van der Waals surface area (Å²) in [6.07, 6.45) is 7.53. The van der Waals surface area contributed by atoms with E-state index in [-0.39, 0.29) is 12.3 Å². The number of ketones is 1. The maximum atomic E-state index is 12.9. The largest absolute Gasteiger partial charge is 0.295 e. The molecule has 1 aromatic rings. The Hall–Kier alpha value is -1.72. The van der Waals surface area contributed by atoms with Crippen LogP contribution in [-0.2, 0) is 14.8 Å². The molecule has 134 valence electrons. The summed E-state index contributed by atoms with van der Waals surface area (Å²) >= 11 is 0. The number of allylic oxidation sites excluding steroid dienone is 2. The molecule has 0 unspecified atom stereocenters.